The van der Waals surface area contributed by atoms with Crippen molar-refractivity contribution in [2.75, 3.05) is 0 Å². The maximum absolute atomic E-state index is 12.7. The standard InChI is InChI=1S/C18H13ClN2O4/c1-11-20-21-16(25-11)10-24-18(23)15-5-3-2-4-14(15)17(22)12-6-8-13(19)9-7-12/h2-9H,10H2,1H3. The second kappa shape index (κ2) is 7.27. The van der Waals surface area contributed by atoms with Crippen LogP contribution in [0.25, 0.3) is 0 Å². The first-order valence-electron chi connectivity index (χ1n) is 7.40. The largest absolute Gasteiger partial charge is 0.452 e. The van der Waals surface area contributed by atoms with Gasteiger partial charge in [0.1, 0.15) is 0 Å². The summed E-state index contributed by atoms with van der Waals surface area (Å²) < 4.78 is 10.3. The highest BCUT2D eigenvalue weighted by Gasteiger charge is 2.19. The molecule has 25 heavy (non-hydrogen) atoms. The zero-order chi connectivity index (χ0) is 17.8. The molecule has 0 aliphatic rings. The summed E-state index contributed by atoms with van der Waals surface area (Å²) >= 11 is 5.84. The molecular weight excluding hydrogens is 344 g/mol. The smallest absolute Gasteiger partial charge is 0.339 e. The van der Waals surface area contributed by atoms with Gasteiger partial charge in [-0.15, -0.1) is 10.2 Å². The summed E-state index contributed by atoms with van der Waals surface area (Å²) in [6.45, 7) is 1.47. The van der Waals surface area contributed by atoms with Crippen LogP contribution in [0.2, 0.25) is 5.02 Å². The number of ether oxygens (including phenoxy) is 1. The molecule has 0 saturated carbocycles. The lowest BCUT2D eigenvalue weighted by molar-refractivity contribution is 0.0434. The van der Waals surface area contributed by atoms with Crippen LogP contribution in [0.1, 0.15) is 38.1 Å². The van der Waals surface area contributed by atoms with E-state index in [-0.39, 0.29) is 29.4 Å². The molecule has 6 nitrogen and oxygen atoms in total. The van der Waals surface area contributed by atoms with Gasteiger partial charge in [0, 0.05) is 23.1 Å². The molecule has 1 heterocycles. The zero-order valence-corrected chi connectivity index (χ0v) is 14.0. The summed E-state index contributed by atoms with van der Waals surface area (Å²) in [5.74, 6) is -0.372. The number of nitrogens with zero attached hydrogens (tertiary/aromatic N) is 2. The number of aryl methyl sites for hydroxylation is 1. The van der Waals surface area contributed by atoms with Crippen molar-refractivity contribution in [1.29, 1.82) is 0 Å². The third-order valence-electron chi connectivity index (χ3n) is 3.39. The number of benzene rings is 2. The summed E-state index contributed by atoms with van der Waals surface area (Å²) in [6, 6.07) is 12.9. The number of halogens is 1. The van der Waals surface area contributed by atoms with E-state index < -0.39 is 5.97 Å². The maximum atomic E-state index is 12.7. The number of carbonyl (C=O) groups excluding carboxylic acids is 2. The van der Waals surface area contributed by atoms with Gasteiger partial charge >= 0.3 is 5.97 Å². The summed E-state index contributed by atoms with van der Waals surface area (Å²) in [6.07, 6.45) is 0. The Kier molecular flexibility index (Phi) is 4.90. The van der Waals surface area contributed by atoms with Crippen LogP contribution in [0.4, 0.5) is 0 Å². The Balaban J connectivity index is 1.81. The molecule has 1 aromatic heterocycles. The van der Waals surface area contributed by atoms with Crippen LogP contribution in [0.5, 0.6) is 0 Å². The van der Waals surface area contributed by atoms with Gasteiger partial charge < -0.3 is 9.15 Å². The topological polar surface area (TPSA) is 82.3 Å². The van der Waals surface area contributed by atoms with E-state index in [1.54, 1.807) is 49.4 Å². The van der Waals surface area contributed by atoms with Crippen LogP contribution in [0.15, 0.2) is 52.9 Å². The van der Waals surface area contributed by atoms with Gasteiger partial charge in [0.15, 0.2) is 12.4 Å². The summed E-state index contributed by atoms with van der Waals surface area (Å²) in [5, 5.41) is 7.94. The van der Waals surface area contributed by atoms with Gasteiger partial charge in [-0.3, -0.25) is 4.79 Å². The molecule has 0 saturated heterocycles. The van der Waals surface area contributed by atoms with Crippen LogP contribution in [-0.4, -0.2) is 21.9 Å². The molecule has 3 rings (SSSR count). The van der Waals surface area contributed by atoms with Crippen molar-refractivity contribution >= 4 is 23.4 Å². The van der Waals surface area contributed by atoms with Gasteiger partial charge in [0.25, 0.3) is 5.89 Å². The second-order valence-electron chi connectivity index (χ2n) is 5.17. The molecule has 0 amide bonds. The first-order chi connectivity index (χ1) is 12.0. The second-order valence-corrected chi connectivity index (χ2v) is 5.61. The SMILES string of the molecule is Cc1nnc(COC(=O)c2ccccc2C(=O)c2ccc(Cl)cc2)o1. The molecule has 0 fully saturated rings. The molecule has 0 atom stereocenters. The number of esters is 1. The minimum absolute atomic E-state index is 0.164. The first kappa shape index (κ1) is 16.9. The predicted molar refractivity (Wildman–Crippen MR) is 89.5 cm³/mol. The number of carbonyl (C=O) groups is 2. The molecule has 2 aromatic carbocycles. The molecule has 0 radical (unpaired) electrons. The Morgan fingerprint density at radius 1 is 1.04 bits per heavy atom. The number of ketones is 1. The van der Waals surface area contributed by atoms with E-state index in [0.29, 0.717) is 16.5 Å². The van der Waals surface area contributed by atoms with Crippen molar-refractivity contribution in [1.82, 2.24) is 10.2 Å². The van der Waals surface area contributed by atoms with Gasteiger partial charge in [-0.2, -0.15) is 0 Å². The highest BCUT2D eigenvalue weighted by atomic mass is 35.5. The van der Waals surface area contributed by atoms with Gasteiger partial charge in [-0.1, -0.05) is 29.8 Å². The number of hydrogen-bond donors (Lipinski definition) is 0. The molecule has 7 heteroatoms. The lowest BCUT2D eigenvalue weighted by atomic mass is 9.98. The van der Waals surface area contributed by atoms with Crippen molar-refractivity contribution in [3.05, 3.63) is 82.0 Å². The minimum Gasteiger partial charge on any atom is -0.452 e. The Morgan fingerprint density at radius 2 is 1.72 bits per heavy atom. The lowest BCUT2D eigenvalue weighted by Gasteiger charge is -2.08. The Bertz CT molecular complexity index is 919. The van der Waals surface area contributed by atoms with Crippen LogP contribution in [-0.2, 0) is 11.3 Å². The monoisotopic (exact) mass is 356 g/mol. The zero-order valence-electron chi connectivity index (χ0n) is 13.2. The molecular formula is C18H13ClN2O4. The van der Waals surface area contributed by atoms with E-state index in [1.165, 1.54) is 6.07 Å². The summed E-state index contributed by atoms with van der Waals surface area (Å²) in [4.78, 5) is 25.0. The summed E-state index contributed by atoms with van der Waals surface area (Å²) in [5.41, 5.74) is 0.840. The fourth-order valence-electron chi connectivity index (χ4n) is 2.22. The van der Waals surface area contributed by atoms with E-state index in [4.69, 9.17) is 20.8 Å². The van der Waals surface area contributed by atoms with E-state index >= 15 is 0 Å². The Morgan fingerprint density at radius 3 is 2.36 bits per heavy atom. The molecule has 0 unspecified atom stereocenters. The van der Waals surface area contributed by atoms with Gasteiger partial charge in [-0.25, -0.2) is 4.79 Å². The van der Waals surface area contributed by atoms with Gasteiger partial charge in [0.2, 0.25) is 5.89 Å². The van der Waals surface area contributed by atoms with Gasteiger partial charge in [-0.05, 0) is 30.3 Å². The molecule has 0 N–H and O–H groups in total. The number of rotatable bonds is 5. The van der Waals surface area contributed by atoms with Crippen molar-refractivity contribution < 1.29 is 18.7 Å². The average molecular weight is 357 g/mol. The van der Waals surface area contributed by atoms with Crippen molar-refractivity contribution in [2.24, 2.45) is 0 Å². The average Bonchev–Trinajstić information content (AvgIpc) is 3.05. The van der Waals surface area contributed by atoms with Crippen LogP contribution in [0.3, 0.4) is 0 Å². The van der Waals surface area contributed by atoms with Crippen LogP contribution >= 0.6 is 11.6 Å². The molecule has 0 aliphatic heterocycles. The molecule has 3 aromatic rings. The third-order valence-corrected chi connectivity index (χ3v) is 3.64. The minimum atomic E-state index is -0.645. The van der Waals surface area contributed by atoms with E-state index in [0.717, 1.165) is 0 Å². The predicted octanol–water partition coefficient (Wildman–Crippen LogP) is 3.62. The highest BCUT2D eigenvalue weighted by molar-refractivity contribution is 6.30. The van der Waals surface area contributed by atoms with Crippen LogP contribution in [0, 0.1) is 6.92 Å². The fraction of sp³-hybridized carbons (Fsp3) is 0.111. The lowest BCUT2D eigenvalue weighted by Crippen LogP contribution is -2.12. The molecule has 0 aliphatic carbocycles. The third kappa shape index (κ3) is 3.92. The van der Waals surface area contributed by atoms with Crippen molar-refractivity contribution in [3.8, 4) is 0 Å². The van der Waals surface area contributed by atoms with Gasteiger partial charge in [0.05, 0.1) is 5.56 Å². The highest BCUT2D eigenvalue weighted by Crippen LogP contribution is 2.18. The number of hydrogen-bond acceptors (Lipinski definition) is 6. The maximum Gasteiger partial charge on any atom is 0.339 e. The first-order valence-corrected chi connectivity index (χ1v) is 7.78. The van der Waals surface area contributed by atoms with Crippen molar-refractivity contribution in [3.63, 3.8) is 0 Å². The molecule has 126 valence electrons. The van der Waals surface area contributed by atoms with E-state index in [9.17, 15) is 9.59 Å². The van der Waals surface area contributed by atoms with Crippen molar-refractivity contribution in [2.45, 2.75) is 13.5 Å². The fourth-order valence-corrected chi connectivity index (χ4v) is 2.34. The molecule has 0 spiro atoms. The van der Waals surface area contributed by atoms with Crippen LogP contribution < -0.4 is 0 Å². The summed E-state index contributed by atoms with van der Waals surface area (Å²) in [7, 11) is 0. The Labute approximate surface area is 148 Å². The Hall–Kier alpha value is -2.99. The normalized spacial score (nSPS) is 10.5. The van der Waals surface area contributed by atoms with E-state index in [2.05, 4.69) is 10.2 Å². The quantitative estimate of drug-likeness (QED) is 0.513. The van der Waals surface area contributed by atoms with E-state index in [1.807, 2.05) is 0 Å². The number of aromatic nitrogens is 2. The molecule has 0 bridgehead atoms.